The average molecular weight is 404 g/mol. The molecule has 0 heterocycles. The second-order valence-corrected chi connectivity index (χ2v) is 9.03. The third-order valence-electron chi connectivity index (χ3n) is 5.17. The SMILES string of the molecule is CC(C)CCCCCCCCCCCCCCCCCCCCBr. The van der Waals surface area contributed by atoms with E-state index in [0.29, 0.717) is 0 Å². The summed E-state index contributed by atoms with van der Waals surface area (Å²) in [7, 11) is 0. The molecule has 0 saturated heterocycles. The molecule has 0 aliphatic heterocycles. The largest absolute Gasteiger partial charge is 0.0928 e. The zero-order valence-electron chi connectivity index (χ0n) is 17.1. The first-order chi connectivity index (χ1) is 11.8. The van der Waals surface area contributed by atoms with Crippen molar-refractivity contribution in [1.82, 2.24) is 0 Å². The second-order valence-electron chi connectivity index (χ2n) is 8.24. The van der Waals surface area contributed by atoms with Crippen molar-refractivity contribution in [2.24, 2.45) is 5.92 Å². The molecule has 0 unspecified atom stereocenters. The number of rotatable bonds is 20. The molecule has 146 valence electrons. The molecule has 0 nitrogen and oxygen atoms in total. The molecule has 0 N–H and O–H groups in total. The molecule has 0 saturated carbocycles. The average Bonchev–Trinajstić information content (AvgIpc) is 2.56. The van der Waals surface area contributed by atoms with Crippen LogP contribution in [0.5, 0.6) is 0 Å². The molecule has 24 heavy (non-hydrogen) atoms. The highest BCUT2D eigenvalue weighted by molar-refractivity contribution is 9.09. The summed E-state index contributed by atoms with van der Waals surface area (Å²) in [6.07, 6.45) is 27.8. The third-order valence-corrected chi connectivity index (χ3v) is 5.73. The first-order valence-electron chi connectivity index (χ1n) is 11.3. The van der Waals surface area contributed by atoms with Gasteiger partial charge in [0.15, 0.2) is 0 Å². The monoisotopic (exact) mass is 402 g/mol. The molecular formula is C23H47Br. The van der Waals surface area contributed by atoms with Gasteiger partial charge >= 0.3 is 0 Å². The van der Waals surface area contributed by atoms with Gasteiger partial charge in [-0.1, -0.05) is 145 Å². The van der Waals surface area contributed by atoms with Gasteiger partial charge in [0.2, 0.25) is 0 Å². The topological polar surface area (TPSA) is 0 Å². The van der Waals surface area contributed by atoms with Crippen molar-refractivity contribution in [3.8, 4) is 0 Å². The molecule has 0 aromatic rings. The minimum atomic E-state index is 0.897. The lowest BCUT2D eigenvalue weighted by Crippen LogP contribution is -1.87. The number of hydrogen-bond donors (Lipinski definition) is 0. The van der Waals surface area contributed by atoms with Gasteiger partial charge in [-0.05, 0) is 12.3 Å². The summed E-state index contributed by atoms with van der Waals surface area (Å²) in [5.41, 5.74) is 0. The number of unbranched alkanes of at least 4 members (excludes halogenated alkanes) is 17. The Morgan fingerprint density at radius 1 is 0.417 bits per heavy atom. The van der Waals surface area contributed by atoms with Gasteiger partial charge in [-0.25, -0.2) is 0 Å². The summed E-state index contributed by atoms with van der Waals surface area (Å²) in [4.78, 5) is 0. The fourth-order valence-corrected chi connectivity index (χ4v) is 3.87. The summed E-state index contributed by atoms with van der Waals surface area (Å²) in [6, 6.07) is 0. The Hall–Kier alpha value is 0.480. The fourth-order valence-electron chi connectivity index (χ4n) is 3.48. The van der Waals surface area contributed by atoms with E-state index in [-0.39, 0.29) is 0 Å². The van der Waals surface area contributed by atoms with Crippen molar-refractivity contribution < 1.29 is 0 Å². The fraction of sp³-hybridized carbons (Fsp3) is 1.00. The van der Waals surface area contributed by atoms with Crippen LogP contribution in [0.2, 0.25) is 0 Å². The van der Waals surface area contributed by atoms with Gasteiger partial charge < -0.3 is 0 Å². The van der Waals surface area contributed by atoms with Crippen molar-refractivity contribution >= 4 is 15.9 Å². The molecule has 0 aromatic heterocycles. The Kier molecular flexibility index (Phi) is 22.0. The molecular weight excluding hydrogens is 356 g/mol. The maximum atomic E-state index is 3.50. The van der Waals surface area contributed by atoms with Crippen molar-refractivity contribution in [1.29, 1.82) is 0 Å². The molecule has 0 amide bonds. The maximum absolute atomic E-state index is 3.50. The number of hydrogen-bond acceptors (Lipinski definition) is 0. The molecule has 0 fully saturated rings. The Bertz CT molecular complexity index is 212. The van der Waals surface area contributed by atoms with Crippen molar-refractivity contribution in [2.75, 3.05) is 5.33 Å². The van der Waals surface area contributed by atoms with Crippen LogP contribution in [0.4, 0.5) is 0 Å². The van der Waals surface area contributed by atoms with Gasteiger partial charge in [0, 0.05) is 5.33 Å². The van der Waals surface area contributed by atoms with Crippen LogP contribution in [-0.4, -0.2) is 5.33 Å². The number of halogens is 1. The van der Waals surface area contributed by atoms with E-state index in [1.807, 2.05) is 0 Å². The molecule has 0 aliphatic rings. The summed E-state index contributed by atoms with van der Waals surface area (Å²) in [5, 5.41) is 1.19. The van der Waals surface area contributed by atoms with Crippen molar-refractivity contribution in [3.63, 3.8) is 0 Å². The van der Waals surface area contributed by atoms with E-state index in [9.17, 15) is 0 Å². The van der Waals surface area contributed by atoms with E-state index in [2.05, 4.69) is 29.8 Å². The summed E-state index contributed by atoms with van der Waals surface area (Å²) >= 11 is 3.50. The zero-order chi connectivity index (χ0) is 17.7. The Labute approximate surface area is 163 Å². The minimum Gasteiger partial charge on any atom is -0.0928 e. The zero-order valence-corrected chi connectivity index (χ0v) is 18.7. The predicted octanol–water partition coefficient (Wildman–Crippen LogP) is 9.45. The molecule has 1 heteroatoms. The highest BCUT2D eigenvalue weighted by atomic mass is 79.9. The summed E-state index contributed by atoms with van der Waals surface area (Å²) in [5.74, 6) is 0.897. The van der Waals surface area contributed by atoms with Gasteiger partial charge in [-0.3, -0.25) is 0 Å². The van der Waals surface area contributed by atoms with Gasteiger partial charge in [0.1, 0.15) is 0 Å². The van der Waals surface area contributed by atoms with Gasteiger partial charge in [0.25, 0.3) is 0 Å². The Morgan fingerprint density at radius 3 is 0.917 bits per heavy atom. The Morgan fingerprint density at radius 2 is 0.667 bits per heavy atom. The van der Waals surface area contributed by atoms with Crippen LogP contribution in [0.3, 0.4) is 0 Å². The molecule has 0 bridgehead atoms. The molecule has 0 radical (unpaired) electrons. The molecule has 0 aliphatic carbocycles. The van der Waals surface area contributed by atoms with Crippen LogP contribution in [-0.2, 0) is 0 Å². The van der Waals surface area contributed by atoms with Gasteiger partial charge in [-0.2, -0.15) is 0 Å². The van der Waals surface area contributed by atoms with Crippen LogP contribution in [0.1, 0.15) is 136 Å². The third kappa shape index (κ3) is 22.5. The van der Waals surface area contributed by atoms with E-state index in [1.54, 1.807) is 0 Å². The van der Waals surface area contributed by atoms with E-state index in [4.69, 9.17) is 0 Å². The molecule has 0 aromatic carbocycles. The van der Waals surface area contributed by atoms with Crippen LogP contribution in [0.15, 0.2) is 0 Å². The lowest BCUT2D eigenvalue weighted by Gasteiger charge is -2.05. The Balaban J connectivity index is 2.95. The van der Waals surface area contributed by atoms with Crippen LogP contribution in [0, 0.1) is 5.92 Å². The van der Waals surface area contributed by atoms with E-state index in [1.165, 1.54) is 127 Å². The lowest BCUT2D eigenvalue weighted by atomic mass is 10.0. The molecule has 0 rings (SSSR count). The lowest BCUT2D eigenvalue weighted by molar-refractivity contribution is 0.501. The molecule has 0 spiro atoms. The van der Waals surface area contributed by atoms with E-state index >= 15 is 0 Å². The second kappa shape index (κ2) is 21.5. The summed E-state index contributed by atoms with van der Waals surface area (Å²) < 4.78 is 0. The van der Waals surface area contributed by atoms with Gasteiger partial charge in [0.05, 0.1) is 0 Å². The smallest absolute Gasteiger partial charge is 0.00313 e. The highest BCUT2D eigenvalue weighted by Gasteiger charge is 1.96. The van der Waals surface area contributed by atoms with Crippen LogP contribution < -0.4 is 0 Å². The predicted molar refractivity (Wildman–Crippen MR) is 116 cm³/mol. The minimum absolute atomic E-state index is 0.897. The van der Waals surface area contributed by atoms with Crippen LogP contribution >= 0.6 is 15.9 Å². The van der Waals surface area contributed by atoms with Crippen molar-refractivity contribution in [2.45, 2.75) is 136 Å². The van der Waals surface area contributed by atoms with E-state index < -0.39 is 0 Å². The number of alkyl halides is 1. The maximum Gasteiger partial charge on any atom is 0.00313 e. The van der Waals surface area contributed by atoms with Crippen LogP contribution in [0.25, 0.3) is 0 Å². The first-order valence-corrected chi connectivity index (χ1v) is 12.5. The summed E-state index contributed by atoms with van der Waals surface area (Å²) in [6.45, 7) is 4.68. The van der Waals surface area contributed by atoms with E-state index in [0.717, 1.165) is 5.92 Å². The quantitative estimate of drug-likeness (QED) is 0.140. The highest BCUT2D eigenvalue weighted by Crippen LogP contribution is 2.15. The molecule has 0 atom stereocenters. The normalized spacial score (nSPS) is 11.5. The van der Waals surface area contributed by atoms with Gasteiger partial charge in [-0.15, -0.1) is 0 Å². The first kappa shape index (κ1) is 24.5. The van der Waals surface area contributed by atoms with Crippen molar-refractivity contribution in [3.05, 3.63) is 0 Å². The standard InChI is InChI=1S/C23H47Br/c1-23(2)21-19-17-15-13-11-9-7-5-3-4-6-8-10-12-14-16-18-20-22-24/h23H,3-22H2,1-2H3.